The summed E-state index contributed by atoms with van der Waals surface area (Å²) in [5.41, 5.74) is 0.964. The first-order valence-corrected chi connectivity index (χ1v) is 6.56. The van der Waals surface area contributed by atoms with E-state index in [0.29, 0.717) is 26.1 Å². The first-order valence-electron chi connectivity index (χ1n) is 6.56. The summed E-state index contributed by atoms with van der Waals surface area (Å²) in [5.74, 6) is 0. The van der Waals surface area contributed by atoms with Gasteiger partial charge in [-0.05, 0) is 18.1 Å². The number of amides is 2. The molecule has 0 aliphatic heterocycles. The summed E-state index contributed by atoms with van der Waals surface area (Å²) in [6.07, 6.45) is 5.77. The number of rotatable bonds is 7. The van der Waals surface area contributed by atoms with E-state index in [2.05, 4.69) is 23.3 Å². The maximum Gasteiger partial charge on any atom is 0.317 e. The molecule has 19 heavy (non-hydrogen) atoms. The van der Waals surface area contributed by atoms with Crippen LogP contribution in [0.4, 0.5) is 4.79 Å². The van der Waals surface area contributed by atoms with E-state index in [-0.39, 0.29) is 6.03 Å². The third kappa shape index (κ3) is 5.87. The van der Waals surface area contributed by atoms with Gasteiger partial charge in [-0.1, -0.05) is 19.4 Å². The topological polar surface area (TPSA) is 69.0 Å². The molecule has 0 saturated heterocycles. The molecule has 102 valence electrons. The van der Waals surface area contributed by atoms with Gasteiger partial charge in [0.2, 0.25) is 0 Å². The van der Waals surface area contributed by atoms with Gasteiger partial charge in [-0.25, -0.2) is 4.79 Å². The summed E-state index contributed by atoms with van der Waals surface area (Å²) >= 11 is 0. The van der Waals surface area contributed by atoms with Crippen molar-refractivity contribution < 1.29 is 4.79 Å². The Kier molecular flexibility index (Phi) is 7.03. The van der Waals surface area contributed by atoms with Gasteiger partial charge in [0, 0.05) is 32.0 Å². The van der Waals surface area contributed by atoms with Crippen molar-refractivity contribution in [2.75, 3.05) is 13.1 Å². The first kappa shape index (κ1) is 15.0. The van der Waals surface area contributed by atoms with E-state index in [0.717, 1.165) is 18.4 Å². The van der Waals surface area contributed by atoms with E-state index >= 15 is 0 Å². The minimum Gasteiger partial charge on any atom is -0.338 e. The fourth-order valence-corrected chi connectivity index (χ4v) is 1.63. The summed E-state index contributed by atoms with van der Waals surface area (Å²) in [4.78, 5) is 17.7. The molecule has 0 spiro atoms. The molecule has 0 aliphatic carbocycles. The zero-order valence-electron chi connectivity index (χ0n) is 11.3. The van der Waals surface area contributed by atoms with Gasteiger partial charge in [0.05, 0.1) is 12.5 Å². The average Bonchev–Trinajstić information content (AvgIpc) is 2.44. The first-order chi connectivity index (χ1) is 9.27. The monoisotopic (exact) mass is 260 g/mol. The molecule has 0 saturated carbocycles. The van der Waals surface area contributed by atoms with Gasteiger partial charge in [-0.3, -0.25) is 4.98 Å². The number of carbonyl (C=O) groups excluding carboxylic acids is 1. The molecule has 1 aromatic heterocycles. The van der Waals surface area contributed by atoms with Gasteiger partial charge >= 0.3 is 6.03 Å². The van der Waals surface area contributed by atoms with Gasteiger partial charge in [0.25, 0.3) is 0 Å². The highest BCUT2D eigenvalue weighted by Gasteiger charge is 2.12. The molecule has 0 aliphatic rings. The normalized spacial score (nSPS) is 9.68. The zero-order valence-corrected chi connectivity index (χ0v) is 11.3. The molecule has 1 aromatic rings. The highest BCUT2D eigenvalue weighted by molar-refractivity contribution is 5.74. The fourth-order valence-electron chi connectivity index (χ4n) is 1.63. The van der Waals surface area contributed by atoms with E-state index in [1.165, 1.54) is 0 Å². The van der Waals surface area contributed by atoms with Crippen molar-refractivity contribution in [1.29, 1.82) is 5.26 Å². The molecular weight excluding hydrogens is 240 g/mol. The summed E-state index contributed by atoms with van der Waals surface area (Å²) in [5, 5.41) is 11.5. The van der Waals surface area contributed by atoms with Crippen LogP contribution >= 0.6 is 0 Å². The van der Waals surface area contributed by atoms with Gasteiger partial charge in [-0.2, -0.15) is 5.26 Å². The minimum absolute atomic E-state index is 0.118. The second-order valence-corrected chi connectivity index (χ2v) is 4.28. The molecular formula is C14H20N4O. The second-order valence-electron chi connectivity index (χ2n) is 4.28. The summed E-state index contributed by atoms with van der Waals surface area (Å²) < 4.78 is 0. The summed E-state index contributed by atoms with van der Waals surface area (Å²) in [6, 6.07) is 5.71. The molecule has 0 fully saturated rings. The minimum atomic E-state index is -0.118. The number of hydrogen-bond donors (Lipinski definition) is 1. The van der Waals surface area contributed by atoms with Crippen LogP contribution in [0.2, 0.25) is 0 Å². The molecule has 1 N–H and O–H groups in total. The molecule has 0 atom stereocenters. The Hall–Kier alpha value is -2.09. The van der Waals surface area contributed by atoms with E-state index in [9.17, 15) is 4.79 Å². The Balaban J connectivity index is 2.56. The van der Waals surface area contributed by atoms with Gasteiger partial charge in [0.1, 0.15) is 0 Å². The van der Waals surface area contributed by atoms with Crippen molar-refractivity contribution in [3.63, 3.8) is 0 Å². The lowest BCUT2D eigenvalue weighted by Crippen LogP contribution is -2.40. The number of hydrogen-bond acceptors (Lipinski definition) is 3. The Morgan fingerprint density at radius 2 is 2.42 bits per heavy atom. The number of urea groups is 1. The maximum absolute atomic E-state index is 12.0. The number of pyridine rings is 1. The van der Waals surface area contributed by atoms with E-state index in [1.54, 1.807) is 17.3 Å². The van der Waals surface area contributed by atoms with E-state index in [1.807, 2.05) is 12.1 Å². The molecule has 1 heterocycles. The lowest BCUT2D eigenvalue weighted by atomic mass is 10.2. The number of aromatic nitrogens is 1. The molecule has 0 bridgehead atoms. The lowest BCUT2D eigenvalue weighted by molar-refractivity contribution is 0.196. The van der Waals surface area contributed by atoms with E-state index in [4.69, 9.17) is 5.26 Å². The highest BCUT2D eigenvalue weighted by atomic mass is 16.2. The second kappa shape index (κ2) is 8.92. The van der Waals surface area contributed by atoms with Crippen molar-refractivity contribution in [1.82, 2.24) is 15.2 Å². The summed E-state index contributed by atoms with van der Waals surface area (Å²) in [6.45, 7) is 3.66. The fraction of sp³-hybridized carbons (Fsp3) is 0.500. The Labute approximate surface area is 114 Å². The third-order valence-corrected chi connectivity index (χ3v) is 2.68. The average molecular weight is 260 g/mol. The predicted octanol–water partition coefficient (Wildman–Crippen LogP) is 2.31. The predicted molar refractivity (Wildman–Crippen MR) is 73.2 cm³/mol. The van der Waals surface area contributed by atoms with Crippen LogP contribution in [0.3, 0.4) is 0 Å². The van der Waals surface area contributed by atoms with Gasteiger partial charge < -0.3 is 10.2 Å². The zero-order chi connectivity index (χ0) is 13.9. The van der Waals surface area contributed by atoms with Crippen LogP contribution in [0.1, 0.15) is 31.7 Å². The molecule has 0 aromatic carbocycles. The van der Waals surface area contributed by atoms with Crippen LogP contribution in [0, 0.1) is 11.3 Å². The molecule has 0 unspecified atom stereocenters. The molecule has 1 rings (SSSR count). The van der Waals surface area contributed by atoms with Gasteiger partial charge in [0.15, 0.2) is 0 Å². The van der Waals surface area contributed by atoms with E-state index < -0.39 is 0 Å². The summed E-state index contributed by atoms with van der Waals surface area (Å²) in [7, 11) is 0. The third-order valence-electron chi connectivity index (χ3n) is 2.68. The molecule has 0 radical (unpaired) electrons. The quantitative estimate of drug-likeness (QED) is 0.765. The van der Waals surface area contributed by atoms with Crippen molar-refractivity contribution in [2.24, 2.45) is 0 Å². The largest absolute Gasteiger partial charge is 0.338 e. The van der Waals surface area contributed by atoms with Crippen molar-refractivity contribution >= 4 is 6.03 Å². The highest BCUT2D eigenvalue weighted by Crippen LogP contribution is 2.04. The van der Waals surface area contributed by atoms with Crippen molar-refractivity contribution in [3.8, 4) is 6.07 Å². The number of nitrogens with one attached hydrogen (secondary N) is 1. The number of nitriles is 1. The Bertz CT molecular complexity index is 413. The molecule has 5 heteroatoms. The van der Waals surface area contributed by atoms with Crippen molar-refractivity contribution in [2.45, 2.75) is 32.7 Å². The van der Waals surface area contributed by atoms with Crippen LogP contribution in [0.5, 0.6) is 0 Å². The molecule has 2 amide bonds. The van der Waals surface area contributed by atoms with Crippen LogP contribution in [0.15, 0.2) is 24.5 Å². The lowest BCUT2D eigenvalue weighted by Gasteiger charge is -2.22. The Morgan fingerprint density at radius 3 is 3.05 bits per heavy atom. The number of carbonyl (C=O) groups is 1. The SMILES string of the molecule is CCCCNC(=O)N(CCC#N)Cc1cccnc1. The number of unbranched alkanes of at least 4 members (excludes halogenated alkanes) is 1. The molecule has 5 nitrogen and oxygen atoms in total. The smallest absolute Gasteiger partial charge is 0.317 e. The van der Waals surface area contributed by atoms with Crippen LogP contribution in [-0.2, 0) is 6.54 Å². The van der Waals surface area contributed by atoms with Gasteiger partial charge in [-0.15, -0.1) is 0 Å². The Morgan fingerprint density at radius 1 is 1.58 bits per heavy atom. The van der Waals surface area contributed by atoms with Crippen LogP contribution < -0.4 is 5.32 Å². The standard InChI is InChI=1S/C14H20N4O/c1-2-3-9-17-14(19)18(10-5-7-15)12-13-6-4-8-16-11-13/h4,6,8,11H,2-3,5,9-10,12H2,1H3,(H,17,19). The number of nitrogens with zero attached hydrogens (tertiary/aromatic N) is 3. The van der Waals surface area contributed by atoms with Crippen LogP contribution in [0.25, 0.3) is 0 Å². The van der Waals surface area contributed by atoms with Crippen LogP contribution in [-0.4, -0.2) is 29.0 Å². The van der Waals surface area contributed by atoms with Crippen molar-refractivity contribution in [3.05, 3.63) is 30.1 Å². The maximum atomic E-state index is 12.0.